The van der Waals surface area contributed by atoms with Gasteiger partial charge in [-0.15, -0.1) is 0 Å². The number of aromatic nitrogens is 2. The molecule has 24 heavy (non-hydrogen) atoms. The van der Waals surface area contributed by atoms with Crippen molar-refractivity contribution < 1.29 is 9.53 Å². The van der Waals surface area contributed by atoms with Crippen LogP contribution in [0.25, 0.3) is 23.2 Å². The Morgan fingerprint density at radius 3 is 2.79 bits per heavy atom. The van der Waals surface area contributed by atoms with Crippen molar-refractivity contribution in [1.29, 1.82) is 0 Å². The number of esters is 1. The van der Waals surface area contributed by atoms with Crippen LogP contribution >= 0.6 is 15.9 Å². The Bertz CT molecular complexity index is 1010. The smallest absolute Gasteiger partial charge is 0.308 e. The number of halogens is 1. The SMILES string of the molecule is CC(=O)Oc1ccc(Br)cc1/C=C\c1nc2ccccc2[nH]c1=O. The number of hydrogen-bond acceptors (Lipinski definition) is 4. The number of para-hydroxylation sites is 2. The minimum absolute atomic E-state index is 0.280. The lowest BCUT2D eigenvalue weighted by Gasteiger charge is -2.06. The van der Waals surface area contributed by atoms with E-state index < -0.39 is 5.97 Å². The molecular weight excluding hydrogens is 372 g/mol. The molecule has 0 spiro atoms. The van der Waals surface area contributed by atoms with Crippen molar-refractivity contribution in [3.05, 3.63) is 68.5 Å². The first kappa shape index (κ1) is 16.1. The van der Waals surface area contributed by atoms with E-state index in [9.17, 15) is 9.59 Å². The van der Waals surface area contributed by atoms with Crippen LogP contribution in [0.4, 0.5) is 0 Å². The average Bonchev–Trinajstić information content (AvgIpc) is 2.54. The zero-order chi connectivity index (χ0) is 17.1. The zero-order valence-electron chi connectivity index (χ0n) is 12.7. The van der Waals surface area contributed by atoms with Crippen LogP contribution in [0.5, 0.6) is 5.75 Å². The highest BCUT2D eigenvalue weighted by Gasteiger charge is 2.06. The van der Waals surface area contributed by atoms with Crippen LogP contribution in [0, 0.1) is 0 Å². The van der Waals surface area contributed by atoms with Gasteiger partial charge >= 0.3 is 5.97 Å². The first-order chi connectivity index (χ1) is 11.5. The third-order valence-electron chi connectivity index (χ3n) is 3.27. The zero-order valence-corrected chi connectivity index (χ0v) is 14.3. The maximum absolute atomic E-state index is 12.1. The van der Waals surface area contributed by atoms with Gasteiger partial charge in [-0.05, 0) is 42.5 Å². The Labute approximate surface area is 146 Å². The second-order valence-electron chi connectivity index (χ2n) is 5.08. The van der Waals surface area contributed by atoms with Crippen LogP contribution < -0.4 is 10.3 Å². The number of hydrogen-bond donors (Lipinski definition) is 1. The van der Waals surface area contributed by atoms with Crippen molar-refractivity contribution in [3.8, 4) is 5.75 Å². The first-order valence-electron chi connectivity index (χ1n) is 7.18. The summed E-state index contributed by atoms with van der Waals surface area (Å²) in [6.45, 7) is 1.34. The summed E-state index contributed by atoms with van der Waals surface area (Å²) in [4.78, 5) is 30.5. The summed E-state index contributed by atoms with van der Waals surface area (Å²) in [6.07, 6.45) is 3.29. The number of rotatable bonds is 3. The van der Waals surface area contributed by atoms with Gasteiger partial charge in [0.05, 0.1) is 11.0 Å². The summed E-state index contributed by atoms with van der Waals surface area (Å²) in [7, 11) is 0. The molecule has 6 heteroatoms. The molecule has 0 unspecified atom stereocenters. The van der Waals surface area contributed by atoms with Crippen molar-refractivity contribution in [1.82, 2.24) is 9.97 Å². The molecule has 0 aliphatic carbocycles. The fourth-order valence-electron chi connectivity index (χ4n) is 2.22. The summed E-state index contributed by atoms with van der Waals surface area (Å²) in [5, 5.41) is 0. The predicted octanol–water partition coefficient (Wildman–Crippen LogP) is 3.78. The third-order valence-corrected chi connectivity index (χ3v) is 3.77. The van der Waals surface area contributed by atoms with E-state index in [1.807, 2.05) is 18.2 Å². The molecule has 0 aliphatic rings. The summed E-state index contributed by atoms with van der Waals surface area (Å²) in [5.41, 5.74) is 2.04. The van der Waals surface area contributed by atoms with E-state index >= 15 is 0 Å². The van der Waals surface area contributed by atoms with Crippen LogP contribution in [-0.4, -0.2) is 15.9 Å². The second-order valence-corrected chi connectivity index (χ2v) is 5.99. The van der Waals surface area contributed by atoms with Crippen molar-refractivity contribution in [2.45, 2.75) is 6.92 Å². The molecule has 0 saturated heterocycles. The Morgan fingerprint density at radius 1 is 1.21 bits per heavy atom. The number of fused-ring (bicyclic) bond motifs is 1. The van der Waals surface area contributed by atoms with E-state index in [0.29, 0.717) is 22.3 Å². The molecular formula is C18H13BrN2O3. The van der Waals surface area contributed by atoms with Crippen LogP contribution in [0.15, 0.2) is 51.7 Å². The number of aromatic amines is 1. The second kappa shape index (κ2) is 6.80. The Hall–Kier alpha value is -2.73. The monoisotopic (exact) mass is 384 g/mol. The number of nitrogens with zero attached hydrogens (tertiary/aromatic N) is 1. The number of ether oxygens (including phenoxy) is 1. The van der Waals surface area contributed by atoms with Crippen LogP contribution in [0.1, 0.15) is 18.2 Å². The fourth-order valence-corrected chi connectivity index (χ4v) is 2.60. The summed E-state index contributed by atoms with van der Waals surface area (Å²) >= 11 is 3.38. The number of carbonyl (C=O) groups is 1. The van der Waals surface area contributed by atoms with Crippen LogP contribution in [-0.2, 0) is 4.79 Å². The number of carbonyl (C=O) groups excluding carboxylic acids is 1. The molecule has 0 aliphatic heterocycles. The Balaban J connectivity index is 2.02. The predicted molar refractivity (Wildman–Crippen MR) is 96.7 cm³/mol. The van der Waals surface area contributed by atoms with Gasteiger partial charge in [0, 0.05) is 17.0 Å². The fraction of sp³-hybridized carbons (Fsp3) is 0.0556. The molecule has 1 aromatic heterocycles. The highest BCUT2D eigenvalue weighted by molar-refractivity contribution is 9.10. The molecule has 0 atom stereocenters. The summed E-state index contributed by atoms with van der Waals surface area (Å²) in [5.74, 6) is 0.00724. The molecule has 0 fully saturated rings. The average molecular weight is 385 g/mol. The molecule has 3 aromatic rings. The van der Waals surface area contributed by atoms with E-state index in [0.717, 1.165) is 4.47 Å². The van der Waals surface area contributed by atoms with Gasteiger partial charge in [-0.2, -0.15) is 0 Å². The molecule has 0 amide bonds. The Kier molecular flexibility index (Phi) is 4.57. The van der Waals surface area contributed by atoms with E-state index in [1.165, 1.54) is 6.92 Å². The molecule has 0 saturated carbocycles. The minimum Gasteiger partial charge on any atom is -0.426 e. The van der Waals surface area contributed by atoms with Gasteiger partial charge in [-0.3, -0.25) is 9.59 Å². The van der Waals surface area contributed by atoms with Crippen molar-refractivity contribution in [2.75, 3.05) is 0 Å². The van der Waals surface area contributed by atoms with Crippen LogP contribution in [0.2, 0.25) is 0 Å². The molecule has 1 heterocycles. The van der Waals surface area contributed by atoms with Gasteiger partial charge in [0.25, 0.3) is 5.56 Å². The highest BCUT2D eigenvalue weighted by Crippen LogP contribution is 2.25. The van der Waals surface area contributed by atoms with Gasteiger partial charge in [0.1, 0.15) is 11.4 Å². The summed E-state index contributed by atoms with van der Waals surface area (Å²) < 4.78 is 6.00. The summed E-state index contributed by atoms with van der Waals surface area (Å²) in [6, 6.07) is 12.6. The van der Waals surface area contributed by atoms with Gasteiger partial charge in [0.15, 0.2) is 0 Å². The lowest BCUT2D eigenvalue weighted by atomic mass is 10.1. The maximum atomic E-state index is 12.1. The van der Waals surface area contributed by atoms with E-state index in [1.54, 1.807) is 36.4 Å². The van der Waals surface area contributed by atoms with E-state index in [-0.39, 0.29) is 11.3 Å². The molecule has 0 bridgehead atoms. The molecule has 3 rings (SSSR count). The normalized spacial score (nSPS) is 11.1. The molecule has 0 radical (unpaired) electrons. The minimum atomic E-state index is -0.409. The maximum Gasteiger partial charge on any atom is 0.308 e. The van der Waals surface area contributed by atoms with E-state index in [2.05, 4.69) is 25.9 Å². The number of nitrogens with one attached hydrogen (secondary N) is 1. The van der Waals surface area contributed by atoms with Gasteiger partial charge < -0.3 is 9.72 Å². The number of H-pyrrole nitrogens is 1. The largest absolute Gasteiger partial charge is 0.426 e. The molecule has 2 aromatic carbocycles. The van der Waals surface area contributed by atoms with Crippen molar-refractivity contribution in [3.63, 3.8) is 0 Å². The lowest BCUT2D eigenvalue weighted by molar-refractivity contribution is -0.131. The van der Waals surface area contributed by atoms with Gasteiger partial charge in [0.2, 0.25) is 0 Å². The number of benzene rings is 2. The van der Waals surface area contributed by atoms with E-state index in [4.69, 9.17) is 4.74 Å². The molecule has 120 valence electrons. The van der Waals surface area contributed by atoms with Gasteiger partial charge in [-0.25, -0.2) is 4.98 Å². The van der Waals surface area contributed by atoms with Gasteiger partial charge in [-0.1, -0.05) is 28.1 Å². The first-order valence-corrected chi connectivity index (χ1v) is 7.97. The van der Waals surface area contributed by atoms with Crippen molar-refractivity contribution in [2.24, 2.45) is 0 Å². The van der Waals surface area contributed by atoms with Crippen molar-refractivity contribution >= 4 is 45.1 Å². The Morgan fingerprint density at radius 2 is 2.00 bits per heavy atom. The third kappa shape index (κ3) is 3.60. The lowest BCUT2D eigenvalue weighted by Crippen LogP contribution is -2.11. The topological polar surface area (TPSA) is 72.0 Å². The quantitative estimate of drug-likeness (QED) is 0.550. The molecule has 5 nitrogen and oxygen atoms in total. The molecule has 1 N–H and O–H groups in total. The standard InChI is InChI=1S/C18H13BrN2O3/c1-11(22)24-17-9-7-13(19)10-12(17)6-8-16-18(23)21-15-5-3-2-4-14(15)20-16/h2-10H,1H3,(H,21,23)/b8-6-. The highest BCUT2D eigenvalue weighted by atomic mass is 79.9. The van der Waals surface area contributed by atoms with Crippen LogP contribution in [0.3, 0.4) is 0 Å².